The summed E-state index contributed by atoms with van der Waals surface area (Å²) in [6.07, 6.45) is 2.36. The number of benzene rings is 2. The maximum atomic E-state index is 5.55. The molecule has 120 valence electrons. The minimum atomic E-state index is 0.342. The average Bonchev–Trinajstić information content (AvgIpc) is 3.32. The smallest absolute Gasteiger partial charge is 0.231 e. The highest BCUT2D eigenvalue weighted by atomic mass is 16.7. The molecule has 3 heteroatoms. The highest BCUT2D eigenvalue weighted by Crippen LogP contribution is 2.58. The first-order valence-corrected chi connectivity index (χ1v) is 8.41. The Kier molecular flexibility index (Phi) is 2.99. The third-order valence-corrected chi connectivity index (χ3v) is 5.47. The van der Waals surface area contributed by atoms with Crippen molar-refractivity contribution in [2.45, 2.75) is 24.7 Å². The van der Waals surface area contributed by atoms with Crippen LogP contribution in [0.15, 0.2) is 36.4 Å². The van der Waals surface area contributed by atoms with Crippen molar-refractivity contribution in [2.24, 2.45) is 5.92 Å². The van der Waals surface area contributed by atoms with Crippen LogP contribution >= 0.6 is 0 Å². The van der Waals surface area contributed by atoms with Gasteiger partial charge in [-0.3, -0.25) is 0 Å². The molecule has 0 aromatic heterocycles. The zero-order valence-corrected chi connectivity index (χ0v) is 13.5. The zero-order valence-electron chi connectivity index (χ0n) is 13.5. The van der Waals surface area contributed by atoms with Crippen molar-refractivity contribution in [1.82, 2.24) is 0 Å². The van der Waals surface area contributed by atoms with Crippen LogP contribution in [0.2, 0.25) is 0 Å². The van der Waals surface area contributed by atoms with Gasteiger partial charge in [-0.15, -0.1) is 0 Å². The molecule has 0 unspecified atom stereocenters. The largest absolute Gasteiger partial charge is 0.497 e. The van der Waals surface area contributed by atoms with Crippen LogP contribution in [0.4, 0.5) is 0 Å². The summed E-state index contributed by atoms with van der Waals surface area (Å²) in [5, 5.41) is 0. The van der Waals surface area contributed by atoms with Gasteiger partial charge in [0.05, 0.1) is 7.11 Å². The first-order chi connectivity index (χ1) is 11.8. The Morgan fingerprint density at radius 1 is 1.00 bits per heavy atom. The van der Waals surface area contributed by atoms with E-state index < -0.39 is 0 Å². The lowest BCUT2D eigenvalue weighted by Gasteiger charge is -2.20. The molecule has 0 spiro atoms. The normalized spacial score (nSPS) is 25.1. The summed E-state index contributed by atoms with van der Waals surface area (Å²) >= 11 is 0. The third-order valence-electron chi connectivity index (χ3n) is 5.47. The molecule has 0 amide bonds. The highest BCUT2D eigenvalue weighted by molar-refractivity contribution is 5.55. The fraction of sp³-hybridized carbons (Fsp3) is 0.333. The van der Waals surface area contributed by atoms with Crippen molar-refractivity contribution in [3.8, 4) is 29.1 Å². The summed E-state index contributed by atoms with van der Waals surface area (Å²) in [5.41, 5.74) is 3.92. The van der Waals surface area contributed by atoms with Gasteiger partial charge in [-0.2, -0.15) is 0 Å². The molecule has 1 saturated carbocycles. The quantitative estimate of drug-likeness (QED) is 0.742. The van der Waals surface area contributed by atoms with Gasteiger partial charge in [0.1, 0.15) is 5.75 Å². The Morgan fingerprint density at radius 2 is 1.75 bits per heavy atom. The molecule has 2 bridgehead atoms. The van der Waals surface area contributed by atoms with E-state index in [-0.39, 0.29) is 0 Å². The summed E-state index contributed by atoms with van der Waals surface area (Å²) in [4.78, 5) is 0. The van der Waals surface area contributed by atoms with E-state index in [2.05, 4.69) is 24.0 Å². The summed E-state index contributed by atoms with van der Waals surface area (Å²) in [7, 11) is 1.68. The number of methoxy groups -OCH3 is 1. The van der Waals surface area contributed by atoms with Gasteiger partial charge in [0, 0.05) is 11.5 Å². The van der Waals surface area contributed by atoms with E-state index in [1.165, 1.54) is 17.5 Å². The second-order valence-electron chi connectivity index (χ2n) is 6.71. The summed E-state index contributed by atoms with van der Waals surface area (Å²) in [5.74, 6) is 11.1. The SMILES string of the molecule is COc1ccc(C#C[C@H]2C[C@H]3C[C@@H]2c2cc4c(cc23)OCO4)cc1. The van der Waals surface area contributed by atoms with E-state index >= 15 is 0 Å². The van der Waals surface area contributed by atoms with E-state index in [9.17, 15) is 0 Å². The first kappa shape index (κ1) is 13.8. The second kappa shape index (κ2) is 5.21. The molecule has 2 aromatic carbocycles. The van der Waals surface area contributed by atoms with Crippen LogP contribution in [0, 0.1) is 17.8 Å². The predicted octanol–water partition coefficient (Wildman–Crippen LogP) is 4.07. The van der Waals surface area contributed by atoms with Crippen LogP contribution in [-0.2, 0) is 0 Å². The molecule has 2 aliphatic carbocycles. The Balaban J connectivity index is 1.42. The van der Waals surface area contributed by atoms with E-state index in [1.54, 1.807) is 7.11 Å². The summed E-state index contributed by atoms with van der Waals surface area (Å²) < 4.78 is 16.3. The molecule has 0 saturated heterocycles. The monoisotopic (exact) mass is 318 g/mol. The third kappa shape index (κ3) is 2.06. The van der Waals surface area contributed by atoms with Crippen molar-refractivity contribution in [1.29, 1.82) is 0 Å². The molecule has 3 atom stereocenters. The van der Waals surface area contributed by atoms with Crippen LogP contribution in [0.1, 0.15) is 41.4 Å². The van der Waals surface area contributed by atoms with Crippen LogP contribution in [0.25, 0.3) is 0 Å². The Labute approximate surface area is 141 Å². The van der Waals surface area contributed by atoms with Crippen LogP contribution in [-0.4, -0.2) is 13.9 Å². The maximum absolute atomic E-state index is 5.55. The second-order valence-corrected chi connectivity index (χ2v) is 6.71. The minimum Gasteiger partial charge on any atom is -0.497 e. The molecule has 3 aliphatic rings. The van der Waals surface area contributed by atoms with Gasteiger partial charge in [0.25, 0.3) is 0 Å². The fourth-order valence-electron chi connectivity index (χ4n) is 4.29. The Hall–Kier alpha value is -2.60. The van der Waals surface area contributed by atoms with Gasteiger partial charge in [-0.1, -0.05) is 11.8 Å². The van der Waals surface area contributed by atoms with Crippen molar-refractivity contribution in [3.05, 3.63) is 53.1 Å². The fourth-order valence-corrected chi connectivity index (χ4v) is 4.29. The number of fused-ring (bicyclic) bond motifs is 6. The van der Waals surface area contributed by atoms with Crippen molar-refractivity contribution in [2.75, 3.05) is 13.9 Å². The molecule has 2 aromatic rings. The molecule has 24 heavy (non-hydrogen) atoms. The number of rotatable bonds is 1. The zero-order chi connectivity index (χ0) is 16.1. The van der Waals surface area contributed by atoms with Gasteiger partial charge in [-0.05, 0) is 72.2 Å². The van der Waals surface area contributed by atoms with Gasteiger partial charge in [0.2, 0.25) is 6.79 Å². The molecule has 0 radical (unpaired) electrons. The molecule has 3 nitrogen and oxygen atoms in total. The first-order valence-electron chi connectivity index (χ1n) is 8.41. The molecular formula is C21H18O3. The number of hydrogen-bond donors (Lipinski definition) is 0. The molecule has 1 fully saturated rings. The van der Waals surface area contributed by atoms with Crippen molar-refractivity contribution in [3.63, 3.8) is 0 Å². The molecule has 5 rings (SSSR count). The molecular weight excluding hydrogens is 300 g/mol. The van der Waals surface area contributed by atoms with Crippen molar-refractivity contribution >= 4 is 0 Å². The van der Waals surface area contributed by atoms with E-state index in [4.69, 9.17) is 14.2 Å². The van der Waals surface area contributed by atoms with Crippen LogP contribution < -0.4 is 14.2 Å². The highest BCUT2D eigenvalue weighted by Gasteiger charge is 2.44. The molecule has 1 aliphatic heterocycles. The Morgan fingerprint density at radius 3 is 2.50 bits per heavy atom. The van der Waals surface area contributed by atoms with Crippen molar-refractivity contribution < 1.29 is 14.2 Å². The Bertz CT molecular complexity index is 857. The van der Waals surface area contributed by atoms with E-state index in [0.29, 0.717) is 24.5 Å². The van der Waals surface area contributed by atoms with Gasteiger partial charge in [0.15, 0.2) is 11.5 Å². The van der Waals surface area contributed by atoms with Gasteiger partial charge >= 0.3 is 0 Å². The summed E-state index contributed by atoms with van der Waals surface area (Å²) in [6.45, 7) is 0.342. The van der Waals surface area contributed by atoms with E-state index in [1.807, 2.05) is 24.3 Å². The molecule has 1 heterocycles. The van der Waals surface area contributed by atoms with Crippen LogP contribution in [0.5, 0.6) is 17.2 Å². The molecule has 0 N–H and O–H groups in total. The lowest BCUT2D eigenvalue weighted by Crippen LogP contribution is -2.08. The predicted molar refractivity (Wildman–Crippen MR) is 90.6 cm³/mol. The summed E-state index contributed by atoms with van der Waals surface area (Å²) in [6, 6.07) is 12.3. The standard InChI is InChI=1S/C21H18O3/c1-22-16-6-3-13(4-7-16)2-5-14-8-15-9-17(14)19-11-21-20(10-18(15)19)23-12-24-21/h3-4,6-7,10-11,14-15,17H,8-9,12H2,1H3/t14-,15-,17-/m0/s1. The van der Waals surface area contributed by atoms with Crippen LogP contribution in [0.3, 0.4) is 0 Å². The number of ether oxygens (including phenoxy) is 3. The average molecular weight is 318 g/mol. The topological polar surface area (TPSA) is 27.7 Å². The lowest BCUT2D eigenvalue weighted by atomic mass is 9.83. The maximum Gasteiger partial charge on any atom is 0.231 e. The number of hydrogen-bond acceptors (Lipinski definition) is 3. The minimum absolute atomic E-state index is 0.342. The van der Waals surface area contributed by atoms with E-state index in [0.717, 1.165) is 29.2 Å². The van der Waals surface area contributed by atoms with Gasteiger partial charge < -0.3 is 14.2 Å². The van der Waals surface area contributed by atoms with Gasteiger partial charge in [-0.25, -0.2) is 0 Å². The lowest BCUT2D eigenvalue weighted by molar-refractivity contribution is 0.174.